The third kappa shape index (κ3) is 3.74. The first-order valence-corrected chi connectivity index (χ1v) is 10.6. The molecule has 1 aromatic carbocycles. The second kappa shape index (κ2) is 7.67. The summed E-state index contributed by atoms with van der Waals surface area (Å²) in [5.74, 6) is 0. The number of rotatable bonds is 4. The normalized spacial score (nSPS) is 29.8. The van der Waals surface area contributed by atoms with E-state index < -0.39 is 5.60 Å². The molecule has 1 saturated carbocycles. The molecule has 7 heteroatoms. The number of benzene rings is 1. The molecule has 0 aromatic heterocycles. The Balaban J connectivity index is 2.02. The van der Waals surface area contributed by atoms with Crippen molar-refractivity contribution in [2.24, 2.45) is 0 Å². The lowest BCUT2D eigenvalue weighted by molar-refractivity contribution is 0.0223. The predicted molar refractivity (Wildman–Crippen MR) is 112 cm³/mol. The minimum absolute atomic E-state index is 0.118. The van der Waals surface area contributed by atoms with Crippen LogP contribution in [0.5, 0.6) is 0 Å². The van der Waals surface area contributed by atoms with Crippen molar-refractivity contribution in [3.8, 4) is 0 Å². The maximum Gasteiger partial charge on any atom is 0.410 e. The number of hydrogen-bond donors (Lipinski definition) is 1. The zero-order valence-corrected chi connectivity index (χ0v) is 18.8. The SMILES string of the molecule is CCO[C@@H]1C[C@]2(NC)CN(C(=O)OC(C)(C)C)C[C@]2(c2ccc(Cl)c(Cl)c2)C1. The first kappa shape index (κ1) is 21.7. The van der Waals surface area contributed by atoms with Gasteiger partial charge in [-0.15, -0.1) is 0 Å². The molecule has 2 aliphatic rings. The summed E-state index contributed by atoms with van der Waals surface area (Å²) in [4.78, 5) is 14.7. The van der Waals surface area contributed by atoms with Crippen LogP contribution >= 0.6 is 23.2 Å². The van der Waals surface area contributed by atoms with E-state index in [-0.39, 0.29) is 23.2 Å². The topological polar surface area (TPSA) is 50.8 Å². The molecule has 3 atom stereocenters. The molecule has 1 aliphatic heterocycles. The van der Waals surface area contributed by atoms with Crippen LogP contribution in [0.15, 0.2) is 18.2 Å². The fourth-order valence-corrected chi connectivity index (χ4v) is 5.19. The van der Waals surface area contributed by atoms with Gasteiger partial charge >= 0.3 is 6.09 Å². The van der Waals surface area contributed by atoms with Gasteiger partial charge in [0.25, 0.3) is 0 Å². The number of likely N-dealkylation sites (N-methyl/N-ethyl adjacent to an activating group) is 1. The van der Waals surface area contributed by atoms with Crippen molar-refractivity contribution in [3.05, 3.63) is 33.8 Å². The van der Waals surface area contributed by atoms with E-state index in [1.165, 1.54) is 0 Å². The Bertz CT molecular complexity index is 752. The van der Waals surface area contributed by atoms with Gasteiger partial charge in [0, 0.05) is 30.7 Å². The van der Waals surface area contributed by atoms with E-state index >= 15 is 0 Å². The molecule has 5 nitrogen and oxygen atoms in total. The van der Waals surface area contributed by atoms with E-state index in [1.54, 1.807) is 0 Å². The number of hydrogen-bond acceptors (Lipinski definition) is 4. The Labute approximate surface area is 177 Å². The number of fused-ring (bicyclic) bond motifs is 1. The van der Waals surface area contributed by atoms with Crippen LogP contribution in [0.2, 0.25) is 10.0 Å². The Kier molecular flexibility index (Phi) is 5.95. The molecule has 3 rings (SSSR count). The standard InChI is InChI=1S/C21H30Cl2N2O3/c1-6-27-15-10-20(14-7-8-16(22)17(23)9-14)12-25(13-21(20,11-15)24-5)18(26)28-19(2,3)4/h7-9,15,24H,6,10-13H2,1-5H3/t15-,20-,21-/m0/s1. The molecule has 2 fully saturated rings. The minimum atomic E-state index is -0.536. The molecule has 0 spiro atoms. The maximum absolute atomic E-state index is 12.8. The van der Waals surface area contributed by atoms with Gasteiger partial charge in [-0.05, 0) is 65.3 Å². The summed E-state index contributed by atoms with van der Waals surface area (Å²) in [7, 11) is 1.96. The van der Waals surface area contributed by atoms with Gasteiger partial charge in [-0.1, -0.05) is 29.3 Å². The number of carbonyl (C=O) groups excluding carboxylic acids is 1. The fourth-order valence-electron chi connectivity index (χ4n) is 4.89. The number of halogens is 2. The molecule has 1 amide bonds. The Morgan fingerprint density at radius 1 is 1.25 bits per heavy atom. The van der Waals surface area contributed by atoms with Crippen LogP contribution in [-0.2, 0) is 14.9 Å². The number of ether oxygens (including phenoxy) is 2. The summed E-state index contributed by atoms with van der Waals surface area (Å²) in [5, 5.41) is 4.59. The summed E-state index contributed by atoms with van der Waals surface area (Å²) < 4.78 is 11.7. The number of likely N-dealkylation sites (tertiary alicyclic amines) is 1. The number of nitrogens with one attached hydrogen (secondary N) is 1. The molecule has 28 heavy (non-hydrogen) atoms. The molecule has 1 heterocycles. The van der Waals surface area contributed by atoms with Crippen LogP contribution in [0.4, 0.5) is 4.79 Å². The van der Waals surface area contributed by atoms with Gasteiger partial charge in [0.05, 0.1) is 16.1 Å². The second-order valence-electron chi connectivity index (χ2n) is 8.87. The first-order chi connectivity index (χ1) is 13.1. The lowest BCUT2D eigenvalue weighted by atomic mass is 9.69. The van der Waals surface area contributed by atoms with Crippen molar-refractivity contribution in [1.29, 1.82) is 0 Å². The van der Waals surface area contributed by atoms with Crippen LogP contribution in [0, 0.1) is 0 Å². The monoisotopic (exact) mass is 428 g/mol. The van der Waals surface area contributed by atoms with Crippen molar-refractivity contribution >= 4 is 29.3 Å². The number of carbonyl (C=O) groups is 1. The highest BCUT2D eigenvalue weighted by Crippen LogP contribution is 2.54. The van der Waals surface area contributed by atoms with Crippen molar-refractivity contribution < 1.29 is 14.3 Å². The third-order valence-electron chi connectivity index (χ3n) is 5.99. The molecular weight excluding hydrogens is 399 g/mol. The quantitative estimate of drug-likeness (QED) is 0.758. The molecule has 1 aliphatic carbocycles. The van der Waals surface area contributed by atoms with Gasteiger partial charge in [-0.2, -0.15) is 0 Å². The summed E-state index contributed by atoms with van der Waals surface area (Å²) >= 11 is 12.5. The first-order valence-electron chi connectivity index (χ1n) is 9.80. The lowest BCUT2D eigenvalue weighted by Gasteiger charge is -2.39. The van der Waals surface area contributed by atoms with Crippen molar-refractivity contribution in [2.75, 3.05) is 26.7 Å². The number of amides is 1. The highest BCUT2D eigenvalue weighted by Gasteiger charge is 2.64. The predicted octanol–water partition coefficient (Wildman–Crippen LogP) is 4.64. The van der Waals surface area contributed by atoms with E-state index in [4.69, 9.17) is 32.7 Å². The summed E-state index contributed by atoms with van der Waals surface area (Å²) in [6.07, 6.45) is 1.45. The van der Waals surface area contributed by atoms with Gasteiger partial charge in [-0.25, -0.2) is 4.79 Å². The minimum Gasteiger partial charge on any atom is -0.444 e. The molecular formula is C21H30Cl2N2O3. The van der Waals surface area contributed by atoms with Crippen LogP contribution < -0.4 is 5.32 Å². The zero-order chi connectivity index (χ0) is 20.7. The van der Waals surface area contributed by atoms with Crippen LogP contribution in [0.25, 0.3) is 0 Å². The van der Waals surface area contributed by atoms with Crippen molar-refractivity contribution in [2.45, 2.75) is 63.2 Å². The fraction of sp³-hybridized carbons (Fsp3) is 0.667. The molecule has 0 radical (unpaired) electrons. The van der Waals surface area contributed by atoms with Crippen molar-refractivity contribution in [1.82, 2.24) is 10.2 Å². The van der Waals surface area contributed by atoms with Crippen LogP contribution in [-0.4, -0.2) is 55.0 Å². The maximum atomic E-state index is 12.8. The lowest BCUT2D eigenvalue weighted by Crippen LogP contribution is -2.55. The van der Waals surface area contributed by atoms with Gasteiger partial charge in [-0.3, -0.25) is 0 Å². The zero-order valence-electron chi connectivity index (χ0n) is 17.3. The van der Waals surface area contributed by atoms with Gasteiger partial charge in [0.1, 0.15) is 5.60 Å². The average molecular weight is 429 g/mol. The largest absolute Gasteiger partial charge is 0.444 e. The van der Waals surface area contributed by atoms with Gasteiger partial charge in [0.15, 0.2) is 0 Å². The molecule has 1 aromatic rings. The van der Waals surface area contributed by atoms with Gasteiger partial charge < -0.3 is 19.7 Å². The molecule has 0 bridgehead atoms. The summed E-state index contributed by atoms with van der Waals surface area (Å²) in [5.41, 5.74) is -0.107. The van der Waals surface area contributed by atoms with E-state index in [2.05, 4.69) is 5.32 Å². The van der Waals surface area contributed by atoms with Crippen LogP contribution in [0.3, 0.4) is 0 Å². The second-order valence-corrected chi connectivity index (χ2v) is 9.68. The number of nitrogens with zero attached hydrogens (tertiary/aromatic N) is 1. The third-order valence-corrected chi connectivity index (χ3v) is 6.73. The van der Waals surface area contributed by atoms with E-state index in [9.17, 15) is 4.79 Å². The van der Waals surface area contributed by atoms with Crippen LogP contribution in [0.1, 0.15) is 46.1 Å². The highest BCUT2D eigenvalue weighted by atomic mass is 35.5. The van der Waals surface area contributed by atoms with E-state index in [0.29, 0.717) is 29.7 Å². The highest BCUT2D eigenvalue weighted by molar-refractivity contribution is 6.42. The molecule has 1 saturated heterocycles. The van der Waals surface area contributed by atoms with E-state index in [1.807, 2.05) is 57.8 Å². The molecule has 156 valence electrons. The van der Waals surface area contributed by atoms with Crippen molar-refractivity contribution in [3.63, 3.8) is 0 Å². The Hall–Kier alpha value is -1.01. The average Bonchev–Trinajstić information content (AvgIpc) is 3.06. The smallest absolute Gasteiger partial charge is 0.410 e. The molecule has 0 unspecified atom stereocenters. The summed E-state index contributed by atoms with van der Waals surface area (Å²) in [6, 6.07) is 5.79. The summed E-state index contributed by atoms with van der Waals surface area (Å²) in [6.45, 7) is 9.43. The van der Waals surface area contributed by atoms with Gasteiger partial charge in [0.2, 0.25) is 0 Å². The molecule has 1 N–H and O–H groups in total. The Morgan fingerprint density at radius 3 is 2.54 bits per heavy atom. The van der Waals surface area contributed by atoms with E-state index in [0.717, 1.165) is 18.4 Å². The Morgan fingerprint density at radius 2 is 1.96 bits per heavy atom.